The molecular weight excluding hydrogens is 513 g/mol. The summed E-state index contributed by atoms with van der Waals surface area (Å²) in [5.41, 5.74) is 0.233. The lowest BCUT2D eigenvalue weighted by molar-refractivity contribution is -0.136. The predicted octanol–water partition coefficient (Wildman–Crippen LogP) is 2.36. The maximum Gasteiger partial charge on any atom is 0.389 e. The number of aromatic nitrogens is 1. The molecule has 13 heteroatoms. The Morgan fingerprint density at radius 1 is 1.14 bits per heavy atom. The Bertz CT molecular complexity index is 1100. The first-order valence-electron chi connectivity index (χ1n) is 13.2. The first-order chi connectivity index (χ1) is 17.6. The first-order valence-corrected chi connectivity index (χ1v) is 14.8. The van der Waals surface area contributed by atoms with Crippen LogP contribution >= 0.6 is 0 Å². The number of hydrogen-bond donors (Lipinski definition) is 1. The van der Waals surface area contributed by atoms with Crippen LogP contribution in [0, 0.1) is 17.8 Å². The maximum absolute atomic E-state index is 13.4. The highest BCUT2D eigenvalue weighted by atomic mass is 32.2. The van der Waals surface area contributed by atoms with E-state index in [9.17, 15) is 26.4 Å². The van der Waals surface area contributed by atoms with Crippen LogP contribution in [0.4, 0.5) is 13.2 Å². The molecule has 0 spiro atoms. The number of ether oxygens (including phenoxy) is 1. The number of hydrogen-bond acceptors (Lipinski definition) is 7. The smallest absolute Gasteiger partial charge is 0.380 e. The number of nitrogens with one attached hydrogen (secondary N) is 1. The fourth-order valence-corrected chi connectivity index (χ4v) is 9.40. The van der Waals surface area contributed by atoms with Crippen LogP contribution in [0.15, 0.2) is 10.6 Å². The number of carbonyl (C=O) groups is 1. The van der Waals surface area contributed by atoms with Gasteiger partial charge >= 0.3 is 6.18 Å². The van der Waals surface area contributed by atoms with E-state index in [1.807, 2.05) is 4.90 Å². The Balaban J connectivity index is 0.985. The van der Waals surface area contributed by atoms with Gasteiger partial charge in [-0.1, -0.05) is 5.16 Å². The van der Waals surface area contributed by atoms with Crippen molar-refractivity contribution in [1.82, 2.24) is 19.7 Å². The molecule has 4 saturated heterocycles. The summed E-state index contributed by atoms with van der Waals surface area (Å²) in [4.78, 5) is 14.8. The number of sulfonamides is 1. The summed E-state index contributed by atoms with van der Waals surface area (Å²) in [6, 6.07) is 1.30. The molecule has 2 bridgehead atoms. The molecule has 1 aromatic rings. The van der Waals surface area contributed by atoms with Crippen LogP contribution in [0.25, 0.3) is 0 Å². The van der Waals surface area contributed by atoms with Crippen molar-refractivity contribution in [1.29, 1.82) is 0 Å². The van der Waals surface area contributed by atoms with Crippen molar-refractivity contribution in [3.05, 3.63) is 17.5 Å². The molecule has 1 amide bonds. The summed E-state index contributed by atoms with van der Waals surface area (Å²) in [6.45, 7) is 2.94. The Kier molecular flexibility index (Phi) is 6.56. The highest BCUT2D eigenvalue weighted by Crippen LogP contribution is 2.53. The van der Waals surface area contributed by atoms with Crippen molar-refractivity contribution in [3.8, 4) is 0 Å². The molecule has 1 aromatic heterocycles. The number of fused-ring (bicyclic) bond motifs is 3. The van der Waals surface area contributed by atoms with Gasteiger partial charge in [-0.2, -0.15) is 17.5 Å². The second-order valence-electron chi connectivity index (χ2n) is 11.5. The van der Waals surface area contributed by atoms with E-state index in [1.54, 1.807) is 10.4 Å². The van der Waals surface area contributed by atoms with Crippen LogP contribution in [0.1, 0.15) is 60.7 Å². The Morgan fingerprint density at radius 2 is 1.81 bits per heavy atom. The minimum atomic E-state index is -4.13. The molecule has 4 aliphatic heterocycles. The quantitative estimate of drug-likeness (QED) is 0.507. The van der Waals surface area contributed by atoms with Gasteiger partial charge in [-0.25, -0.2) is 8.42 Å². The molecule has 5 heterocycles. The van der Waals surface area contributed by atoms with Crippen LogP contribution in [-0.4, -0.2) is 91.6 Å². The van der Waals surface area contributed by atoms with Crippen LogP contribution in [0.5, 0.6) is 0 Å². The molecule has 206 valence electrons. The zero-order chi connectivity index (χ0) is 25.9. The van der Waals surface area contributed by atoms with Gasteiger partial charge in [0, 0.05) is 43.7 Å². The van der Waals surface area contributed by atoms with Gasteiger partial charge in [-0.3, -0.25) is 4.79 Å². The van der Waals surface area contributed by atoms with E-state index in [1.165, 1.54) is 0 Å². The number of nitrogens with zero attached hydrogens (tertiary/aromatic N) is 3. The molecule has 37 heavy (non-hydrogen) atoms. The number of amides is 1. The van der Waals surface area contributed by atoms with Crippen LogP contribution in [-0.2, 0) is 14.8 Å². The fourth-order valence-electron chi connectivity index (χ4n) is 6.95. The molecule has 6 rings (SSSR count). The number of alkyl halides is 3. The third-order valence-corrected chi connectivity index (χ3v) is 11.0. The first kappa shape index (κ1) is 25.6. The van der Waals surface area contributed by atoms with Crippen LogP contribution in [0.2, 0.25) is 0 Å². The molecule has 5 aliphatic rings. The van der Waals surface area contributed by atoms with E-state index in [4.69, 9.17) is 9.26 Å². The lowest BCUT2D eigenvalue weighted by Gasteiger charge is -2.38. The van der Waals surface area contributed by atoms with Crippen molar-refractivity contribution >= 4 is 15.9 Å². The summed E-state index contributed by atoms with van der Waals surface area (Å²) in [6.07, 6.45) is -2.08. The molecule has 0 aromatic carbocycles. The average molecular weight is 547 g/mol. The summed E-state index contributed by atoms with van der Waals surface area (Å²) in [7, 11) is -3.44. The van der Waals surface area contributed by atoms with Gasteiger partial charge in [0.2, 0.25) is 10.0 Å². The minimum Gasteiger partial charge on any atom is -0.380 e. The Morgan fingerprint density at radius 3 is 2.41 bits per heavy atom. The largest absolute Gasteiger partial charge is 0.389 e. The van der Waals surface area contributed by atoms with E-state index >= 15 is 0 Å². The fraction of sp³-hybridized carbons (Fsp3) is 0.833. The second kappa shape index (κ2) is 9.49. The van der Waals surface area contributed by atoms with E-state index < -0.39 is 22.6 Å². The standard InChI is InChI=1S/C24H33F3N4O5S/c25-24(26,27)4-1-5-30-9-18-19(10-30)20(18)13-37(33,34)31-16-2-3-17(31)7-15(6-16)28-23(32)21-8-22(36-29-21)14-11-35-12-14/h8,14-20H,1-7,9-13H2,(H,28,32)/t15?,16-,17+,18-,19+,20?. The lowest BCUT2D eigenvalue weighted by atomic mass is 9.99. The number of likely N-dealkylation sites (tertiary alicyclic amines) is 1. The van der Waals surface area contributed by atoms with Gasteiger partial charge in [0.1, 0.15) is 5.76 Å². The number of piperidine rings is 2. The molecule has 1 saturated carbocycles. The van der Waals surface area contributed by atoms with Crippen molar-refractivity contribution in [2.75, 3.05) is 38.6 Å². The molecule has 5 fully saturated rings. The SMILES string of the molecule is O=C(NC1C[C@H]2CC[C@@H](C1)N2S(=O)(=O)CC1[C@H]2CN(CCCC(F)(F)F)C[C@@H]12)c1cc(C2COC2)on1. The van der Waals surface area contributed by atoms with E-state index in [2.05, 4.69) is 10.5 Å². The van der Waals surface area contributed by atoms with Gasteiger partial charge in [-0.05, 0) is 56.4 Å². The van der Waals surface area contributed by atoms with E-state index in [-0.39, 0.29) is 65.6 Å². The third-order valence-electron chi connectivity index (χ3n) is 8.91. The Labute approximate surface area is 214 Å². The second-order valence-corrected chi connectivity index (χ2v) is 13.4. The number of halogens is 3. The highest BCUT2D eigenvalue weighted by molar-refractivity contribution is 7.89. The van der Waals surface area contributed by atoms with Crippen molar-refractivity contribution < 1.29 is 35.6 Å². The number of carbonyl (C=O) groups excluding carboxylic acids is 1. The summed E-state index contributed by atoms with van der Waals surface area (Å²) >= 11 is 0. The van der Waals surface area contributed by atoms with Gasteiger partial charge in [0.05, 0.1) is 24.9 Å². The topological polar surface area (TPSA) is 105 Å². The van der Waals surface area contributed by atoms with Gasteiger partial charge in [-0.15, -0.1) is 0 Å². The van der Waals surface area contributed by atoms with E-state index in [0.717, 1.165) is 12.8 Å². The number of rotatable bonds is 9. The lowest BCUT2D eigenvalue weighted by Crippen LogP contribution is -2.53. The monoisotopic (exact) mass is 546 g/mol. The van der Waals surface area contributed by atoms with Gasteiger partial charge in [0.25, 0.3) is 5.91 Å². The summed E-state index contributed by atoms with van der Waals surface area (Å²) < 4.78 is 76.1. The van der Waals surface area contributed by atoms with Crippen LogP contribution in [0.3, 0.4) is 0 Å². The molecule has 1 N–H and O–H groups in total. The molecule has 6 atom stereocenters. The molecule has 9 nitrogen and oxygen atoms in total. The molecule has 2 unspecified atom stereocenters. The highest BCUT2D eigenvalue weighted by Gasteiger charge is 2.58. The normalized spacial score (nSPS) is 34.4. The maximum atomic E-state index is 13.4. The van der Waals surface area contributed by atoms with Crippen LogP contribution < -0.4 is 5.32 Å². The zero-order valence-corrected chi connectivity index (χ0v) is 21.3. The third kappa shape index (κ3) is 5.28. The summed E-state index contributed by atoms with van der Waals surface area (Å²) in [5, 5.41) is 6.91. The van der Waals surface area contributed by atoms with Crippen molar-refractivity contribution in [3.63, 3.8) is 0 Å². The predicted molar refractivity (Wildman–Crippen MR) is 125 cm³/mol. The average Bonchev–Trinajstić information content (AvgIpc) is 3.19. The molecular formula is C24H33F3N4O5S. The zero-order valence-electron chi connectivity index (χ0n) is 20.5. The van der Waals surface area contributed by atoms with Gasteiger partial charge < -0.3 is 19.5 Å². The molecule has 0 radical (unpaired) electrons. The Hall–Kier alpha value is -1.70. The van der Waals surface area contributed by atoms with E-state index in [0.29, 0.717) is 51.4 Å². The minimum absolute atomic E-state index is 0.0913. The summed E-state index contributed by atoms with van der Waals surface area (Å²) in [5.74, 6) is 1.25. The van der Waals surface area contributed by atoms with Crippen molar-refractivity contribution in [2.45, 2.75) is 68.7 Å². The van der Waals surface area contributed by atoms with Crippen molar-refractivity contribution in [2.24, 2.45) is 17.8 Å². The van der Waals surface area contributed by atoms with Gasteiger partial charge in [0.15, 0.2) is 5.69 Å². The molecule has 1 aliphatic carbocycles.